The van der Waals surface area contributed by atoms with Crippen LogP contribution in [0.1, 0.15) is 0 Å². The monoisotopic (exact) mass is 250 g/mol. The molecular weight excluding hydrogens is 252 g/mol. The molecule has 0 unspecified atom stereocenters. The second-order valence-electron chi connectivity index (χ2n) is 0.543. The second-order valence-corrected chi connectivity index (χ2v) is 1.07. The normalized spacial score (nSPS) is 8.25. The summed E-state index contributed by atoms with van der Waals surface area (Å²) in [7, 11) is 0. The Bertz CT molecular complexity index is 64.8. The minimum Gasteiger partial charge on any atom is -0.245 e. The minimum atomic E-state index is -1.13. The summed E-state index contributed by atoms with van der Waals surface area (Å²) in [5.74, 6) is 0. The summed E-state index contributed by atoms with van der Waals surface area (Å²) in [6.45, 7) is 0. The van der Waals surface area contributed by atoms with E-state index in [0.29, 0.717) is 0 Å². The van der Waals surface area contributed by atoms with Crippen molar-refractivity contribution in [2.45, 2.75) is 0 Å². The zero-order chi connectivity index (χ0) is 6.41. The average Bonchev–Trinajstić information content (AvgIpc) is 1.68. The molecule has 0 aromatic carbocycles. The summed E-state index contributed by atoms with van der Waals surface area (Å²) in [6, 6.07) is 0. The first-order chi connectivity index (χ1) is 3.81. The molecule has 0 atom stereocenters. The Morgan fingerprint density at radius 3 is 1.75 bits per heavy atom. The van der Waals surface area contributed by atoms with E-state index in [2.05, 4.69) is 50.3 Å². The first-order valence-corrected chi connectivity index (χ1v) is 2.55. The second kappa shape index (κ2) is 5.29. The van der Waals surface area contributed by atoms with Gasteiger partial charge >= 0.3 is 6.16 Å². The molecule has 0 aliphatic rings. The van der Waals surface area contributed by atoms with Gasteiger partial charge in [0, 0.05) is 0 Å². The molecule has 8 heavy (non-hydrogen) atoms. The highest BCUT2D eigenvalue weighted by Crippen LogP contribution is 1.94. The van der Waals surface area contributed by atoms with Crippen LogP contribution in [-0.2, 0) is 17.7 Å². The lowest BCUT2D eigenvalue weighted by atomic mass is 11.4. The van der Waals surface area contributed by atoms with Crippen molar-refractivity contribution < 1.29 is 22.5 Å². The summed E-state index contributed by atoms with van der Waals surface area (Å²) in [5, 5.41) is 0. The van der Waals surface area contributed by atoms with Crippen LogP contribution in [-0.4, -0.2) is 6.16 Å². The van der Waals surface area contributed by atoms with Gasteiger partial charge in [-0.2, -0.15) is 4.79 Å². The molecule has 0 aliphatic heterocycles. The Labute approximate surface area is 61.6 Å². The lowest BCUT2D eigenvalue weighted by Gasteiger charge is -1.91. The van der Waals surface area contributed by atoms with Gasteiger partial charge in [-0.1, -0.05) is 0 Å². The SMILES string of the molecule is O=C(OOBr)OOBr. The summed E-state index contributed by atoms with van der Waals surface area (Å²) in [4.78, 5) is 17.3. The third-order valence-electron chi connectivity index (χ3n) is 0.199. The van der Waals surface area contributed by atoms with Crippen LogP contribution in [0.2, 0.25) is 0 Å². The van der Waals surface area contributed by atoms with Crippen molar-refractivity contribution in [1.29, 1.82) is 0 Å². The highest BCUT2D eigenvalue weighted by atomic mass is 79.9. The van der Waals surface area contributed by atoms with Crippen LogP contribution in [0.5, 0.6) is 0 Å². The van der Waals surface area contributed by atoms with Crippen molar-refractivity contribution in [2.75, 3.05) is 0 Å². The molecule has 5 nitrogen and oxygen atoms in total. The number of hydrogen-bond donors (Lipinski definition) is 0. The van der Waals surface area contributed by atoms with Crippen molar-refractivity contribution in [1.82, 2.24) is 0 Å². The number of halogens is 2. The van der Waals surface area contributed by atoms with E-state index in [-0.39, 0.29) is 0 Å². The molecule has 7 heteroatoms. The molecule has 0 heterocycles. The number of hydrogen-bond acceptors (Lipinski definition) is 5. The van der Waals surface area contributed by atoms with Crippen molar-refractivity contribution in [2.24, 2.45) is 0 Å². The Morgan fingerprint density at radius 2 is 1.50 bits per heavy atom. The van der Waals surface area contributed by atoms with Gasteiger partial charge in [-0.15, -0.1) is 7.96 Å². The van der Waals surface area contributed by atoms with Crippen LogP contribution in [0.3, 0.4) is 0 Å². The molecule has 0 aromatic heterocycles. The third-order valence-corrected chi connectivity index (χ3v) is 0.463. The molecule has 0 bridgehead atoms. The standard InChI is InChI=1S/CBr2O5/c2-7-5-1(4)6-8-3. The highest BCUT2D eigenvalue weighted by molar-refractivity contribution is 9.06. The minimum absolute atomic E-state index is 1.13. The average molecular weight is 252 g/mol. The molecule has 0 N–H and O–H groups in total. The van der Waals surface area contributed by atoms with Gasteiger partial charge in [0.1, 0.15) is 0 Å². The fraction of sp³-hybridized carbons (Fsp3) is 0. The molecule has 48 valence electrons. The van der Waals surface area contributed by atoms with E-state index in [9.17, 15) is 4.79 Å². The van der Waals surface area contributed by atoms with Crippen LogP contribution in [0.25, 0.3) is 0 Å². The molecule has 0 saturated heterocycles. The van der Waals surface area contributed by atoms with Gasteiger partial charge in [-0.25, -0.2) is 9.78 Å². The van der Waals surface area contributed by atoms with Crippen LogP contribution in [0.4, 0.5) is 4.79 Å². The molecule has 0 aliphatic carbocycles. The third kappa shape index (κ3) is 4.31. The molecule has 0 saturated carbocycles. The van der Waals surface area contributed by atoms with E-state index in [0.717, 1.165) is 0 Å². The maximum absolute atomic E-state index is 9.89. The smallest absolute Gasteiger partial charge is 0.245 e. The Morgan fingerprint density at radius 1 is 1.12 bits per heavy atom. The van der Waals surface area contributed by atoms with Gasteiger partial charge in [0.25, 0.3) is 0 Å². The number of rotatable bonds is 2. The van der Waals surface area contributed by atoms with E-state index in [1.807, 2.05) is 0 Å². The zero-order valence-corrected chi connectivity index (χ0v) is 6.47. The summed E-state index contributed by atoms with van der Waals surface area (Å²) in [5.41, 5.74) is 0. The molecule has 0 radical (unpaired) electrons. The van der Waals surface area contributed by atoms with E-state index in [4.69, 9.17) is 0 Å². The number of carbonyl (C=O) groups excluding carboxylic acids is 1. The maximum atomic E-state index is 9.89. The summed E-state index contributed by atoms with van der Waals surface area (Å²) >= 11 is 4.65. The van der Waals surface area contributed by atoms with Gasteiger partial charge in [0.2, 0.25) is 0 Å². The van der Waals surface area contributed by atoms with Gasteiger partial charge < -0.3 is 0 Å². The Balaban J connectivity index is 3.06. The molecule has 0 fully saturated rings. The molecule has 0 aromatic rings. The van der Waals surface area contributed by atoms with Crippen LogP contribution < -0.4 is 0 Å². The predicted octanol–water partition coefficient (Wildman–Crippen LogP) is 1.62. The van der Waals surface area contributed by atoms with Crippen molar-refractivity contribution in [3.05, 3.63) is 0 Å². The lowest BCUT2D eigenvalue weighted by Crippen LogP contribution is -2.01. The first-order valence-electron chi connectivity index (χ1n) is 1.25. The maximum Gasteiger partial charge on any atom is 0.574 e. The highest BCUT2D eigenvalue weighted by Gasteiger charge is 2.03. The lowest BCUT2D eigenvalue weighted by molar-refractivity contribution is -0.212. The topological polar surface area (TPSA) is 54.0 Å². The van der Waals surface area contributed by atoms with Crippen LogP contribution >= 0.6 is 32.5 Å². The quantitative estimate of drug-likeness (QED) is 0.552. The Kier molecular flexibility index (Phi) is 5.39. The molecular formula is CBr2O5. The summed E-state index contributed by atoms with van der Waals surface area (Å²) < 4.78 is 7.39. The van der Waals surface area contributed by atoms with Gasteiger partial charge in [0.15, 0.2) is 32.5 Å². The zero-order valence-electron chi connectivity index (χ0n) is 3.30. The van der Waals surface area contributed by atoms with Gasteiger partial charge in [-0.05, 0) is 0 Å². The summed E-state index contributed by atoms with van der Waals surface area (Å²) in [6.07, 6.45) is -1.13. The van der Waals surface area contributed by atoms with Crippen LogP contribution in [0.15, 0.2) is 0 Å². The molecule has 0 spiro atoms. The predicted molar refractivity (Wildman–Crippen MR) is 27.6 cm³/mol. The number of carbonyl (C=O) groups is 1. The van der Waals surface area contributed by atoms with E-state index in [1.54, 1.807) is 0 Å². The van der Waals surface area contributed by atoms with Crippen LogP contribution in [0, 0.1) is 0 Å². The Hall–Kier alpha value is 0.150. The van der Waals surface area contributed by atoms with E-state index >= 15 is 0 Å². The fourth-order valence-corrected chi connectivity index (χ4v) is 0.281. The van der Waals surface area contributed by atoms with Crippen molar-refractivity contribution in [3.8, 4) is 0 Å². The fourth-order valence-electron chi connectivity index (χ4n) is 0.0653. The van der Waals surface area contributed by atoms with E-state index < -0.39 is 6.16 Å². The van der Waals surface area contributed by atoms with Gasteiger partial charge in [-0.3, -0.25) is 0 Å². The van der Waals surface area contributed by atoms with Crippen molar-refractivity contribution in [3.63, 3.8) is 0 Å². The van der Waals surface area contributed by atoms with E-state index in [1.165, 1.54) is 0 Å². The largest absolute Gasteiger partial charge is 0.574 e. The molecule has 0 rings (SSSR count). The van der Waals surface area contributed by atoms with Crippen molar-refractivity contribution >= 4 is 38.7 Å². The first kappa shape index (κ1) is 8.15. The molecule has 0 amide bonds. The van der Waals surface area contributed by atoms with Gasteiger partial charge in [0.05, 0.1) is 0 Å².